The fourth-order valence-electron chi connectivity index (χ4n) is 14.1. The molecule has 0 aliphatic heterocycles. The van der Waals surface area contributed by atoms with Crippen molar-refractivity contribution in [2.24, 2.45) is 35.5 Å². The maximum atomic E-state index is 6.16. The standard InChI is InChI=1S/C28H28ClN.C22H25N.C7H8.C6H4ClI/c29-24-8-12-27(13-9-24)30(25-4-2-1-3-5-25)26-10-6-23(7-11-26)28-17-20-14-21(18-28)16-22(15-20)19-28;1-2-4-20(5-3-1)23-21-8-6-19(7-9-21)22-13-16-10-17(14-22)12-18(11-16)15-22;1-7-5-3-2-4-6-7;7-5-1-3-6(8)4-2-5/h1-13,20-22H,14-19H2;1-9,16-18,23H,10-15H2;2-6H,1H3;1-4H. The van der Waals surface area contributed by atoms with Crippen LogP contribution in [0.5, 0.6) is 0 Å². The fraction of sp³-hybridized carbons (Fsp3) is 0.333. The van der Waals surface area contributed by atoms with Gasteiger partial charge in [-0.05, 0) is 261 Å². The van der Waals surface area contributed by atoms with Gasteiger partial charge in [0.2, 0.25) is 0 Å². The predicted molar refractivity (Wildman–Crippen MR) is 297 cm³/mol. The minimum Gasteiger partial charge on any atom is -0.356 e. The van der Waals surface area contributed by atoms with E-state index in [1.807, 2.05) is 54.6 Å². The molecule has 0 radical (unpaired) electrons. The van der Waals surface area contributed by atoms with Crippen molar-refractivity contribution in [1.82, 2.24) is 0 Å². The number of aryl methyl sites for hydroxylation is 1. The Bertz CT molecular complexity index is 2580. The number of halogens is 3. The molecular weight excluding hydrogens is 983 g/mol. The minimum atomic E-state index is 0.450. The quantitative estimate of drug-likeness (QED) is 0.160. The third kappa shape index (κ3) is 11.2. The molecule has 0 atom stereocenters. The third-order valence-corrected chi connectivity index (χ3v) is 17.4. The van der Waals surface area contributed by atoms with Gasteiger partial charge >= 0.3 is 0 Å². The lowest BCUT2D eigenvalue weighted by Crippen LogP contribution is -2.48. The summed E-state index contributed by atoms with van der Waals surface area (Å²) in [5.74, 6) is 5.98. The highest BCUT2D eigenvalue weighted by Crippen LogP contribution is 2.62. The molecule has 7 aromatic carbocycles. The van der Waals surface area contributed by atoms with Gasteiger partial charge in [-0.3, -0.25) is 0 Å². The molecule has 7 aromatic rings. The largest absolute Gasteiger partial charge is 0.356 e. The van der Waals surface area contributed by atoms with Gasteiger partial charge in [0, 0.05) is 42.1 Å². The molecule has 0 unspecified atom stereocenters. The monoisotopic (exact) mass is 1050 g/mol. The Morgan fingerprint density at radius 3 is 1.10 bits per heavy atom. The molecule has 15 rings (SSSR count). The van der Waals surface area contributed by atoms with Crippen molar-refractivity contribution in [3.63, 3.8) is 0 Å². The number of rotatable bonds is 7. The SMILES string of the molecule is Cc1ccccc1.Clc1ccc(I)cc1.Clc1ccc(N(c2ccccc2)c2ccc(C34CC5CC(CC(C5)C3)C4)cc2)cc1.c1ccc(Nc2ccc(C34CC5CC(CC(C5)C3)C4)cc2)cc1. The molecule has 1 N–H and O–H groups in total. The van der Waals surface area contributed by atoms with Gasteiger partial charge < -0.3 is 10.2 Å². The molecule has 0 saturated heterocycles. The van der Waals surface area contributed by atoms with Crippen molar-refractivity contribution in [1.29, 1.82) is 0 Å². The number of nitrogens with zero attached hydrogens (tertiary/aromatic N) is 1. The molecule has 8 saturated carbocycles. The van der Waals surface area contributed by atoms with Crippen LogP contribution in [0.3, 0.4) is 0 Å². The lowest BCUT2D eigenvalue weighted by Gasteiger charge is -2.57. The van der Waals surface area contributed by atoms with E-state index in [1.54, 1.807) is 11.1 Å². The second kappa shape index (κ2) is 21.2. The van der Waals surface area contributed by atoms with Crippen LogP contribution in [-0.2, 0) is 10.8 Å². The molecule has 2 nitrogen and oxygen atoms in total. The van der Waals surface area contributed by atoms with Gasteiger partial charge in [-0.25, -0.2) is 0 Å². The van der Waals surface area contributed by atoms with Crippen molar-refractivity contribution < 1.29 is 0 Å². The second-order valence-electron chi connectivity index (χ2n) is 21.2. The number of hydrogen-bond acceptors (Lipinski definition) is 2. The molecule has 8 aliphatic carbocycles. The molecular formula is C63H65Cl2IN2. The topological polar surface area (TPSA) is 15.3 Å². The van der Waals surface area contributed by atoms with E-state index in [2.05, 4.69) is 173 Å². The van der Waals surface area contributed by atoms with Crippen LogP contribution < -0.4 is 10.2 Å². The Kier molecular flexibility index (Phi) is 14.7. The van der Waals surface area contributed by atoms with Gasteiger partial charge in [-0.1, -0.05) is 120 Å². The highest BCUT2D eigenvalue weighted by molar-refractivity contribution is 14.1. The molecule has 0 heterocycles. The van der Waals surface area contributed by atoms with Crippen molar-refractivity contribution >= 4 is 74.2 Å². The molecule has 5 heteroatoms. The first-order valence-electron chi connectivity index (χ1n) is 25.2. The van der Waals surface area contributed by atoms with Crippen LogP contribution in [0.15, 0.2) is 188 Å². The van der Waals surface area contributed by atoms with Crippen molar-refractivity contribution in [2.75, 3.05) is 10.2 Å². The summed E-state index contributed by atoms with van der Waals surface area (Å²) < 4.78 is 1.21. The average Bonchev–Trinajstić information content (AvgIpc) is 3.34. The molecule has 8 fully saturated rings. The molecule has 68 heavy (non-hydrogen) atoms. The molecule has 348 valence electrons. The van der Waals surface area contributed by atoms with Crippen LogP contribution in [0, 0.1) is 46.0 Å². The number of nitrogens with one attached hydrogen (secondary N) is 1. The minimum absolute atomic E-state index is 0.450. The summed E-state index contributed by atoms with van der Waals surface area (Å²) in [6, 6.07) is 66.0. The van der Waals surface area contributed by atoms with Gasteiger partial charge in [0.25, 0.3) is 0 Å². The van der Waals surface area contributed by atoms with E-state index in [0.717, 1.165) is 56.9 Å². The van der Waals surface area contributed by atoms with Gasteiger partial charge in [-0.2, -0.15) is 0 Å². The summed E-state index contributed by atoms with van der Waals surface area (Å²) in [5.41, 5.74) is 11.3. The Labute approximate surface area is 430 Å². The summed E-state index contributed by atoms with van der Waals surface area (Å²) in [6.45, 7) is 2.08. The Morgan fingerprint density at radius 1 is 0.397 bits per heavy atom. The van der Waals surface area contributed by atoms with Gasteiger partial charge in [0.15, 0.2) is 0 Å². The normalized spacial score (nSPS) is 26.5. The van der Waals surface area contributed by atoms with Crippen LogP contribution in [0.4, 0.5) is 28.4 Å². The first-order chi connectivity index (χ1) is 33.2. The Balaban J connectivity index is 0.000000124. The van der Waals surface area contributed by atoms with Crippen LogP contribution in [-0.4, -0.2) is 0 Å². The summed E-state index contributed by atoms with van der Waals surface area (Å²) in [4.78, 5) is 2.32. The highest BCUT2D eigenvalue weighted by Gasteiger charge is 2.52. The predicted octanol–water partition coefficient (Wildman–Crippen LogP) is 19.1. The smallest absolute Gasteiger partial charge is 0.0462 e. The second-order valence-corrected chi connectivity index (χ2v) is 23.4. The summed E-state index contributed by atoms with van der Waals surface area (Å²) in [7, 11) is 0. The summed E-state index contributed by atoms with van der Waals surface area (Å²) in [5, 5.41) is 5.07. The summed E-state index contributed by atoms with van der Waals surface area (Å²) in [6.07, 6.45) is 17.6. The first kappa shape index (κ1) is 47.1. The van der Waals surface area contributed by atoms with E-state index in [9.17, 15) is 0 Å². The molecule has 0 aromatic heterocycles. The maximum Gasteiger partial charge on any atom is 0.0462 e. The van der Waals surface area contributed by atoms with E-state index in [0.29, 0.717) is 10.8 Å². The van der Waals surface area contributed by atoms with Crippen LogP contribution in [0.25, 0.3) is 0 Å². The number of para-hydroxylation sites is 2. The average molecular weight is 1050 g/mol. The van der Waals surface area contributed by atoms with E-state index in [-0.39, 0.29) is 0 Å². The number of hydrogen-bond donors (Lipinski definition) is 1. The lowest BCUT2D eigenvalue weighted by molar-refractivity contribution is -0.00530. The highest BCUT2D eigenvalue weighted by atomic mass is 127. The van der Waals surface area contributed by atoms with Crippen molar-refractivity contribution in [3.8, 4) is 0 Å². The van der Waals surface area contributed by atoms with Gasteiger partial charge in [0.1, 0.15) is 0 Å². The zero-order chi connectivity index (χ0) is 46.5. The first-order valence-corrected chi connectivity index (χ1v) is 27.1. The zero-order valence-corrected chi connectivity index (χ0v) is 43.1. The molecule has 0 spiro atoms. The van der Waals surface area contributed by atoms with Gasteiger partial charge in [0.05, 0.1) is 0 Å². The van der Waals surface area contributed by atoms with Crippen LogP contribution >= 0.6 is 45.8 Å². The zero-order valence-electron chi connectivity index (χ0n) is 39.4. The fourth-order valence-corrected chi connectivity index (χ4v) is 14.7. The maximum absolute atomic E-state index is 6.16. The summed E-state index contributed by atoms with van der Waals surface area (Å²) >= 11 is 14.0. The molecule has 8 bridgehead atoms. The van der Waals surface area contributed by atoms with Crippen molar-refractivity contribution in [3.05, 3.63) is 218 Å². The van der Waals surface area contributed by atoms with E-state index < -0.39 is 0 Å². The van der Waals surface area contributed by atoms with E-state index in [4.69, 9.17) is 23.2 Å². The Morgan fingerprint density at radius 2 is 0.721 bits per heavy atom. The lowest BCUT2D eigenvalue weighted by atomic mass is 9.48. The number of anilines is 5. The van der Waals surface area contributed by atoms with E-state index in [1.165, 1.54) is 103 Å². The number of benzene rings is 7. The van der Waals surface area contributed by atoms with Crippen molar-refractivity contribution in [2.45, 2.75) is 94.8 Å². The molecule has 8 aliphatic rings. The van der Waals surface area contributed by atoms with E-state index >= 15 is 0 Å². The molecule has 0 amide bonds. The third-order valence-electron chi connectivity index (χ3n) is 16.2. The van der Waals surface area contributed by atoms with Crippen LogP contribution in [0.2, 0.25) is 10.0 Å². The van der Waals surface area contributed by atoms with Crippen LogP contribution in [0.1, 0.15) is 93.7 Å². The Hall–Kier alpha value is -4.55. The van der Waals surface area contributed by atoms with Gasteiger partial charge in [-0.15, -0.1) is 0 Å².